The zero-order valence-corrected chi connectivity index (χ0v) is 12.6. The zero-order valence-electron chi connectivity index (χ0n) is 11.8. The average Bonchev–Trinajstić information content (AvgIpc) is 3.00. The fraction of sp³-hybridized carbons (Fsp3) is 0.333. The molecule has 0 aliphatic heterocycles. The Kier molecular flexibility index (Phi) is 3.80. The van der Waals surface area contributed by atoms with E-state index in [0.717, 1.165) is 36.5 Å². The summed E-state index contributed by atoms with van der Waals surface area (Å²) in [6.07, 6.45) is 5.22. The van der Waals surface area contributed by atoms with Crippen molar-refractivity contribution in [3.8, 4) is 0 Å². The quantitative estimate of drug-likeness (QED) is 0.733. The fourth-order valence-electron chi connectivity index (χ4n) is 2.23. The molecule has 0 unspecified atom stereocenters. The largest absolute Gasteiger partial charge is 0.311 e. The summed E-state index contributed by atoms with van der Waals surface area (Å²) in [5.74, 6) is 0. The van der Waals surface area contributed by atoms with Crippen LogP contribution in [-0.2, 0) is 13.0 Å². The molecule has 1 N–H and O–H groups in total. The van der Waals surface area contributed by atoms with Crippen LogP contribution >= 0.6 is 11.3 Å². The molecular formula is C15H18N4S. The number of pyridine rings is 1. The Morgan fingerprint density at radius 1 is 1.25 bits per heavy atom. The van der Waals surface area contributed by atoms with Crippen LogP contribution in [0.4, 0.5) is 0 Å². The first-order chi connectivity index (χ1) is 9.72. The molecule has 3 aromatic heterocycles. The number of hydrogen-bond donors (Lipinski definition) is 1. The van der Waals surface area contributed by atoms with Crippen molar-refractivity contribution >= 4 is 17.0 Å². The van der Waals surface area contributed by atoms with Gasteiger partial charge in [-0.2, -0.15) is 0 Å². The van der Waals surface area contributed by atoms with Crippen LogP contribution in [0.1, 0.15) is 21.8 Å². The summed E-state index contributed by atoms with van der Waals surface area (Å²) >= 11 is 1.73. The summed E-state index contributed by atoms with van der Waals surface area (Å²) < 4.78 is 2.08. The fourth-order valence-corrected chi connectivity index (χ4v) is 3.01. The molecule has 0 aliphatic carbocycles. The van der Waals surface area contributed by atoms with Gasteiger partial charge in [0.15, 0.2) is 0 Å². The predicted octanol–water partition coefficient (Wildman–Crippen LogP) is 2.74. The van der Waals surface area contributed by atoms with Gasteiger partial charge in [-0.1, -0.05) is 6.07 Å². The normalized spacial score (nSPS) is 11.3. The van der Waals surface area contributed by atoms with Gasteiger partial charge < -0.3 is 9.72 Å². The molecule has 0 atom stereocenters. The lowest BCUT2D eigenvalue weighted by atomic mass is 10.3. The highest BCUT2D eigenvalue weighted by Gasteiger charge is 2.03. The summed E-state index contributed by atoms with van der Waals surface area (Å²) in [5.41, 5.74) is 6.40. The van der Waals surface area contributed by atoms with Crippen LogP contribution in [0.15, 0.2) is 30.0 Å². The van der Waals surface area contributed by atoms with E-state index >= 15 is 0 Å². The lowest BCUT2D eigenvalue weighted by Gasteiger charge is -2.01. The Morgan fingerprint density at radius 3 is 2.95 bits per heavy atom. The van der Waals surface area contributed by atoms with Gasteiger partial charge in [-0.25, -0.2) is 9.97 Å². The molecule has 0 aliphatic rings. The molecule has 4 nitrogen and oxygen atoms in total. The van der Waals surface area contributed by atoms with Crippen LogP contribution in [0.5, 0.6) is 0 Å². The van der Waals surface area contributed by atoms with Crippen molar-refractivity contribution in [3.63, 3.8) is 0 Å². The van der Waals surface area contributed by atoms with Crippen molar-refractivity contribution in [2.75, 3.05) is 6.54 Å². The Labute approximate surface area is 122 Å². The number of nitrogens with zero attached hydrogens (tertiary/aromatic N) is 3. The van der Waals surface area contributed by atoms with E-state index in [9.17, 15) is 0 Å². The van der Waals surface area contributed by atoms with Gasteiger partial charge in [0.05, 0.1) is 16.9 Å². The second-order valence-electron chi connectivity index (χ2n) is 4.99. The maximum absolute atomic E-state index is 4.60. The third-order valence-electron chi connectivity index (χ3n) is 3.33. The molecule has 0 spiro atoms. The monoisotopic (exact) mass is 286 g/mol. The second-order valence-corrected chi connectivity index (χ2v) is 5.93. The number of hydrogen-bond acceptors (Lipinski definition) is 4. The SMILES string of the molecule is Cc1ccc2nc(CNCCc3scnc3C)cn2c1. The van der Waals surface area contributed by atoms with Crippen LogP contribution < -0.4 is 5.32 Å². The Hall–Kier alpha value is -1.72. The first kappa shape index (κ1) is 13.3. The molecule has 0 saturated heterocycles. The minimum Gasteiger partial charge on any atom is -0.311 e. The molecule has 0 aromatic carbocycles. The van der Waals surface area contributed by atoms with Crippen LogP contribution in [-0.4, -0.2) is 20.9 Å². The standard InChI is InChI=1S/C15H18N4S/c1-11-3-4-15-18-13(9-19(15)8-11)7-16-6-5-14-12(2)17-10-20-14/h3-4,8-10,16H,5-7H2,1-2H3. The smallest absolute Gasteiger partial charge is 0.137 e. The van der Waals surface area contributed by atoms with E-state index in [1.807, 2.05) is 5.51 Å². The average molecular weight is 286 g/mol. The van der Waals surface area contributed by atoms with Gasteiger partial charge >= 0.3 is 0 Å². The molecule has 0 amide bonds. The maximum Gasteiger partial charge on any atom is 0.137 e. The molecule has 5 heteroatoms. The lowest BCUT2D eigenvalue weighted by Crippen LogP contribution is -2.16. The first-order valence-corrected chi connectivity index (χ1v) is 7.64. The first-order valence-electron chi connectivity index (χ1n) is 6.76. The number of aryl methyl sites for hydroxylation is 2. The van der Waals surface area contributed by atoms with E-state index in [1.54, 1.807) is 11.3 Å². The molecule has 20 heavy (non-hydrogen) atoms. The Bertz CT molecular complexity index is 714. The molecule has 104 valence electrons. The summed E-state index contributed by atoms with van der Waals surface area (Å²) in [4.78, 5) is 10.2. The van der Waals surface area contributed by atoms with E-state index in [-0.39, 0.29) is 0 Å². The predicted molar refractivity (Wildman–Crippen MR) is 82.2 cm³/mol. The van der Waals surface area contributed by atoms with Gasteiger partial charge in [0.2, 0.25) is 0 Å². The Morgan fingerprint density at radius 2 is 2.15 bits per heavy atom. The second kappa shape index (κ2) is 5.73. The topological polar surface area (TPSA) is 42.2 Å². The molecule has 0 radical (unpaired) electrons. The molecule has 0 bridgehead atoms. The number of rotatable bonds is 5. The molecule has 0 saturated carbocycles. The lowest BCUT2D eigenvalue weighted by molar-refractivity contribution is 0.679. The summed E-state index contributed by atoms with van der Waals surface area (Å²) in [6.45, 7) is 5.92. The van der Waals surface area contributed by atoms with Gasteiger partial charge in [-0.15, -0.1) is 11.3 Å². The number of nitrogens with one attached hydrogen (secondary N) is 1. The van der Waals surface area contributed by atoms with Crippen molar-refractivity contribution in [2.24, 2.45) is 0 Å². The third-order valence-corrected chi connectivity index (χ3v) is 4.32. The summed E-state index contributed by atoms with van der Waals surface area (Å²) in [5, 5.41) is 3.45. The van der Waals surface area contributed by atoms with Crippen molar-refractivity contribution in [3.05, 3.63) is 51.9 Å². The van der Waals surface area contributed by atoms with E-state index in [0.29, 0.717) is 0 Å². The van der Waals surface area contributed by atoms with Gasteiger partial charge in [0.1, 0.15) is 5.65 Å². The number of thiazole rings is 1. The van der Waals surface area contributed by atoms with Gasteiger partial charge in [0, 0.05) is 30.4 Å². The number of aromatic nitrogens is 3. The minimum absolute atomic E-state index is 0.804. The van der Waals surface area contributed by atoms with Crippen molar-refractivity contribution in [1.82, 2.24) is 19.7 Å². The highest BCUT2D eigenvalue weighted by atomic mass is 32.1. The molecular weight excluding hydrogens is 268 g/mol. The minimum atomic E-state index is 0.804. The highest BCUT2D eigenvalue weighted by molar-refractivity contribution is 7.09. The molecule has 3 aromatic rings. The van der Waals surface area contributed by atoms with Crippen molar-refractivity contribution in [2.45, 2.75) is 26.8 Å². The molecule has 3 rings (SSSR count). The van der Waals surface area contributed by atoms with Crippen molar-refractivity contribution in [1.29, 1.82) is 0 Å². The number of imidazole rings is 1. The molecule has 0 fully saturated rings. The zero-order chi connectivity index (χ0) is 13.9. The van der Waals surface area contributed by atoms with Crippen LogP contribution in [0, 0.1) is 13.8 Å². The van der Waals surface area contributed by atoms with Crippen molar-refractivity contribution < 1.29 is 0 Å². The van der Waals surface area contributed by atoms with Crippen LogP contribution in [0.3, 0.4) is 0 Å². The van der Waals surface area contributed by atoms with E-state index in [1.165, 1.54) is 10.4 Å². The number of fused-ring (bicyclic) bond motifs is 1. The van der Waals surface area contributed by atoms with E-state index < -0.39 is 0 Å². The van der Waals surface area contributed by atoms with Gasteiger partial charge in [-0.05, 0) is 31.9 Å². The third kappa shape index (κ3) is 2.89. The Balaban J connectivity index is 1.56. The summed E-state index contributed by atoms with van der Waals surface area (Å²) in [7, 11) is 0. The molecule has 3 heterocycles. The van der Waals surface area contributed by atoms with Gasteiger partial charge in [0.25, 0.3) is 0 Å². The summed E-state index contributed by atoms with van der Waals surface area (Å²) in [6, 6.07) is 4.14. The maximum atomic E-state index is 4.60. The van der Waals surface area contributed by atoms with E-state index in [2.05, 4.69) is 58.1 Å². The van der Waals surface area contributed by atoms with Crippen LogP contribution in [0.2, 0.25) is 0 Å². The van der Waals surface area contributed by atoms with Gasteiger partial charge in [-0.3, -0.25) is 0 Å². The van der Waals surface area contributed by atoms with Crippen LogP contribution in [0.25, 0.3) is 5.65 Å². The van der Waals surface area contributed by atoms with E-state index in [4.69, 9.17) is 0 Å². The highest BCUT2D eigenvalue weighted by Crippen LogP contribution is 2.12.